The number of carbonyl (C=O) groups excluding carboxylic acids is 1. The maximum absolute atomic E-state index is 11.5. The van der Waals surface area contributed by atoms with E-state index < -0.39 is 0 Å². The second kappa shape index (κ2) is 8.71. The fraction of sp³-hybridized carbons (Fsp3) is 0.583. The van der Waals surface area contributed by atoms with Crippen LogP contribution in [0.5, 0.6) is 0 Å². The number of amides is 1. The first kappa shape index (κ1) is 15.7. The molecule has 1 aromatic rings. The van der Waals surface area contributed by atoms with E-state index in [0.29, 0.717) is 18.3 Å². The third-order valence-electron chi connectivity index (χ3n) is 2.08. The van der Waals surface area contributed by atoms with E-state index in [9.17, 15) is 9.59 Å². The first-order chi connectivity index (χ1) is 9.08. The summed E-state index contributed by atoms with van der Waals surface area (Å²) in [6.45, 7) is 5.18. The zero-order valence-electron chi connectivity index (χ0n) is 11.1. The Balaban J connectivity index is 2.13. The van der Waals surface area contributed by atoms with Gasteiger partial charge >= 0.3 is 0 Å². The van der Waals surface area contributed by atoms with Gasteiger partial charge in [-0.3, -0.25) is 9.59 Å². The summed E-state index contributed by atoms with van der Waals surface area (Å²) >= 11 is 1.20. The van der Waals surface area contributed by atoms with Crippen molar-refractivity contribution >= 4 is 17.7 Å². The summed E-state index contributed by atoms with van der Waals surface area (Å²) in [6, 6.07) is 1.33. The highest BCUT2D eigenvalue weighted by Crippen LogP contribution is 2.08. The molecule has 1 aromatic heterocycles. The molecule has 1 heterocycles. The van der Waals surface area contributed by atoms with Crippen molar-refractivity contribution in [2.24, 2.45) is 0 Å². The lowest BCUT2D eigenvalue weighted by atomic mass is 10.4. The first-order valence-electron chi connectivity index (χ1n) is 6.14. The quantitative estimate of drug-likeness (QED) is 0.419. The molecule has 6 nitrogen and oxygen atoms in total. The molecule has 0 bridgehead atoms. The van der Waals surface area contributed by atoms with Gasteiger partial charge in [0.1, 0.15) is 0 Å². The summed E-state index contributed by atoms with van der Waals surface area (Å²) in [5.41, 5.74) is -0.219. The van der Waals surface area contributed by atoms with Crippen molar-refractivity contribution in [1.82, 2.24) is 15.3 Å². The zero-order chi connectivity index (χ0) is 14.1. The van der Waals surface area contributed by atoms with Gasteiger partial charge < -0.3 is 15.0 Å². The van der Waals surface area contributed by atoms with E-state index in [1.165, 1.54) is 24.0 Å². The number of aromatic nitrogens is 2. The van der Waals surface area contributed by atoms with Gasteiger partial charge in [0, 0.05) is 25.4 Å². The summed E-state index contributed by atoms with van der Waals surface area (Å²) in [7, 11) is 0. The summed E-state index contributed by atoms with van der Waals surface area (Å²) in [4.78, 5) is 29.0. The molecule has 0 unspecified atom stereocenters. The van der Waals surface area contributed by atoms with Crippen LogP contribution in [0.2, 0.25) is 0 Å². The van der Waals surface area contributed by atoms with E-state index in [0.717, 1.165) is 6.42 Å². The Morgan fingerprint density at radius 2 is 2.37 bits per heavy atom. The van der Waals surface area contributed by atoms with Gasteiger partial charge in [-0.2, -0.15) is 0 Å². The molecule has 19 heavy (non-hydrogen) atoms. The topological polar surface area (TPSA) is 84.1 Å². The van der Waals surface area contributed by atoms with Crippen molar-refractivity contribution in [3.05, 3.63) is 22.6 Å². The van der Waals surface area contributed by atoms with Crippen LogP contribution in [0.4, 0.5) is 0 Å². The monoisotopic (exact) mass is 285 g/mol. The van der Waals surface area contributed by atoms with Gasteiger partial charge in [0.05, 0.1) is 11.9 Å². The Morgan fingerprint density at radius 3 is 3.05 bits per heavy atom. The SMILES string of the molecule is CC(C)OCCCNC(=O)CSc1nccc(=O)[nH]1. The number of thioether (sulfide) groups is 1. The molecule has 0 atom stereocenters. The van der Waals surface area contributed by atoms with Crippen molar-refractivity contribution < 1.29 is 9.53 Å². The Morgan fingerprint density at radius 1 is 1.58 bits per heavy atom. The van der Waals surface area contributed by atoms with Gasteiger partial charge in [-0.25, -0.2) is 4.98 Å². The summed E-state index contributed by atoms with van der Waals surface area (Å²) in [5.74, 6) is 0.152. The summed E-state index contributed by atoms with van der Waals surface area (Å²) < 4.78 is 5.36. The summed E-state index contributed by atoms with van der Waals surface area (Å²) in [5, 5.41) is 3.23. The van der Waals surface area contributed by atoms with Crippen LogP contribution in [-0.2, 0) is 9.53 Å². The minimum atomic E-state index is -0.219. The van der Waals surface area contributed by atoms with Crippen molar-refractivity contribution in [1.29, 1.82) is 0 Å². The first-order valence-corrected chi connectivity index (χ1v) is 7.13. The maximum Gasteiger partial charge on any atom is 0.251 e. The third-order valence-corrected chi connectivity index (χ3v) is 2.97. The molecule has 1 amide bonds. The molecule has 1 rings (SSSR count). The lowest BCUT2D eigenvalue weighted by molar-refractivity contribution is -0.118. The molecule has 2 N–H and O–H groups in total. The number of rotatable bonds is 8. The molecule has 7 heteroatoms. The Labute approximate surface area is 116 Å². The van der Waals surface area contributed by atoms with E-state index in [-0.39, 0.29) is 23.3 Å². The van der Waals surface area contributed by atoms with Crippen LogP contribution in [0.3, 0.4) is 0 Å². The van der Waals surface area contributed by atoms with Crippen LogP contribution in [0, 0.1) is 0 Å². The van der Waals surface area contributed by atoms with Crippen LogP contribution in [-0.4, -0.2) is 40.9 Å². The third kappa shape index (κ3) is 7.63. The molecule has 0 aromatic carbocycles. The van der Waals surface area contributed by atoms with E-state index in [1.807, 2.05) is 13.8 Å². The minimum absolute atomic E-state index is 0.0824. The predicted octanol–water partition coefficient (Wildman–Crippen LogP) is 0.793. The largest absolute Gasteiger partial charge is 0.379 e. The van der Waals surface area contributed by atoms with Gasteiger partial charge in [-0.15, -0.1) is 0 Å². The van der Waals surface area contributed by atoms with Gasteiger partial charge in [-0.05, 0) is 20.3 Å². The molecule has 0 aliphatic heterocycles. The number of nitrogens with one attached hydrogen (secondary N) is 2. The normalized spacial score (nSPS) is 10.7. The van der Waals surface area contributed by atoms with Gasteiger partial charge in [0.25, 0.3) is 5.56 Å². The number of hydrogen-bond acceptors (Lipinski definition) is 5. The number of carbonyl (C=O) groups is 1. The van der Waals surface area contributed by atoms with Gasteiger partial charge in [-0.1, -0.05) is 11.8 Å². The number of nitrogens with zero attached hydrogens (tertiary/aromatic N) is 1. The lowest BCUT2D eigenvalue weighted by Crippen LogP contribution is -2.27. The standard InChI is InChI=1S/C12H19N3O3S/c1-9(2)18-7-3-5-13-11(17)8-19-12-14-6-4-10(16)15-12/h4,6,9H,3,5,7-8H2,1-2H3,(H,13,17)(H,14,15,16). The van der Waals surface area contributed by atoms with E-state index in [1.54, 1.807) is 0 Å². The highest BCUT2D eigenvalue weighted by molar-refractivity contribution is 7.99. The molecule has 0 fully saturated rings. The number of H-pyrrole nitrogens is 1. The van der Waals surface area contributed by atoms with Gasteiger partial charge in [0.2, 0.25) is 5.91 Å². The number of aromatic amines is 1. The molecule has 0 spiro atoms. The average Bonchev–Trinajstić information content (AvgIpc) is 2.35. The molecule has 0 aliphatic carbocycles. The van der Waals surface area contributed by atoms with Crippen LogP contribution in [0.1, 0.15) is 20.3 Å². The maximum atomic E-state index is 11.5. The molecule has 0 radical (unpaired) electrons. The van der Waals surface area contributed by atoms with Crippen LogP contribution >= 0.6 is 11.8 Å². The van der Waals surface area contributed by atoms with Crippen LogP contribution < -0.4 is 10.9 Å². The second-order valence-corrected chi connectivity index (χ2v) is 5.12. The van der Waals surface area contributed by atoms with Crippen molar-refractivity contribution in [2.75, 3.05) is 18.9 Å². The zero-order valence-corrected chi connectivity index (χ0v) is 12.0. The summed E-state index contributed by atoms with van der Waals surface area (Å²) in [6.07, 6.45) is 2.42. The predicted molar refractivity (Wildman–Crippen MR) is 74.3 cm³/mol. The van der Waals surface area contributed by atoms with Crippen molar-refractivity contribution in [3.8, 4) is 0 Å². The second-order valence-electron chi connectivity index (χ2n) is 4.15. The minimum Gasteiger partial charge on any atom is -0.379 e. The van der Waals surface area contributed by atoms with Crippen LogP contribution in [0.15, 0.2) is 22.2 Å². The average molecular weight is 285 g/mol. The fourth-order valence-electron chi connectivity index (χ4n) is 1.23. The Bertz CT molecular complexity index is 448. The molecule has 0 saturated heterocycles. The van der Waals surface area contributed by atoms with Crippen LogP contribution in [0.25, 0.3) is 0 Å². The van der Waals surface area contributed by atoms with E-state index in [2.05, 4.69) is 15.3 Å². The number of hydrogen-bond donors (Lipinski definition) is 2. The van der Waals surface area contributed by atoms with E-state index in [4.69, 9.17) is 4.74 Å². The lowest BCUT2D eigenvalue weighted by Gasteiger charge is -2.08. The van der Waals surface area contributed by atoms with E-state index >= 15 is 0 Å². The highest BCUT2D eigenvalue weighted by Gasteiger charge is 2.03. The smallest absolute Gasteiger partial charge is 0.251 e. The Hall–Kier alpha value is -1.34. The Kier molecular flexibility index (Phi) is 7.20. The molecule has 0 saturated carbocycles. The highest BCUT2D eigenvalue weighted by atomic mass is 32.2. The fourth-order valence-corrected chi connectivity index (χ4v) is 1.91. The van der Waals surface area contributed by atoms with Gasteiger partial charge in [0.15, 0.2) is 5.16 Å². The number of ether oxygens (including phenoxy) is 1. The molecular weight excluding hydrogens is 266 g/mol. The van der Waals surface area contributed by atoms with Crippen molar-refractivity contribution in [3.63, 3.8) is 0 Å². The molecule has 106 valence electrons. The van der Waals surface area contributed by atoms with Crippen molar-refractivity contribution in [2.45, 2.75) is 31.5 Å². The molecule has 0 aliphatic rings. The molecular formula is C12H19N3O3S.